The summed E-state index contributed by atoms with van der Waals surface area (Å²) in [6.45, 7) is 7.57. The molecule has 1 amide bonds. The van der Waals surface area contributed by atoms with E-state index in [1.54, 1.807) is 7.05 Å². The van der Waals surface area contributed by atoms with Crippen molar-refractivity contribution in [3.8, 4) is 17.2 Å². The first-order valence-corrected chi connectivity index (χ1v) is 12.9. The smallest absolute Gasteiger partial charge is 0.265 e. The number of hydrogen-bond donors (Lipinski definition) is 0. The fraction of sp³-hybridized carbons (Fsp3) is 0.360. The van der Waals surface area contributed by atoms with E-state index in [0.29, 0.717) is 46.5 Å². The van der Waals surface area contributed by atoms with Crippen LogP contribution in [-0.4, -0.2) is 42.0 Å². The first-order chi connectivity index (χ1) is 15.8. The van der Waals surface area contributed by atoms with Crippen LogP contribution in [0.3, 0.4) is 0 Å². The zero-order valence-electron chi connectivity index (χ0n) is 19.2. The topological polar surface area (TPSA) is 48.0 Å². The molecule has 0 unspecified atom stereocenters. The lowest BCUT2D eigenvalue weighted by molar-refractivity contribution is -0.121. The van der Waals surface area contributed by atoms with E-state index in [1.165, 1.54) is 22.2 Å². The summed E-state index contributed by atoms with van der Waals surface area (Å²) < 4.78 is 18.9. The number of rotatable bonds is 10. The van der Waals surface area contributed by atoms with E-state index < -0.39 is 0 Å². The van der Waals surface area contributed by atoms with Crippen LogP contribution in [0.4, 0.5) is 0 Å². The van der Waals surface area contributed by atoms with E-state index in [2.05, 4.69) is 41.9 Å². The van der Waals surface area contributed by atoms with Gasteiger partial charge in [-0.15, -0.1) is 0 Å². The fourth-order valence-electron chi connectivity index (χ4n) is 3.20. The molecule has 0 saturated carbocycles. The van der Waals surface area contributed by atoms with Crippen LogP contribution in [0.2, 0.25) is 0 Å². The Bertz CT molecular complexity index is 1040. The van der Waals surface area contributed by atoms with Gasteiger partial charge in [0.25, 0.3) is 5.91 Å². The molecule has 1 aliphatic heterocycles. The average Bonchev–Trinajstić information content (AvgIpc) is 3.04. The Morgan fingerprint density at radius 2 is 1.82 bits per heavy atom. The van der Waals surface area contributed by atoms with Crippen molar-refractivity contribution in [2.45, 2.75) is 33.1 Å². The van der Waals surface area contributed by atoms with Gasteiger partial charge in [0.15, 0.2) is 11.5 Å². The third kappa shape index (κ3) is 6.52. The van der Waals surface area contributed by atoms with Crippen LogP contribution in [-0.2, 0) is 4.79 Å². The summed E-state index contributed by atoms with van der Waals surface area (Å²) in [6.07, 6.45) is 2.92. The van der Waals surface area contributed by atoms with E-state index in [9.17, 15) is 4.79 Å². The molecule has 3 rings (SSSR count). The number of likely N-dealkylation sites (N-methyl/N-ethyl adjacent to an activating group) is 1. The second kappa shape index (κ2) is 11.9. The van der Waals surface area contributed by atoms with Crippen molar-refractivity contribution >= 4 is 56.2 Å². The molecule has 176 valence electrons. The minimum absolute atomic E-state index is 0.103. The van der Waals surface area contributed by atoms with Crippen molar-refractivity contribution < 1.29 is 19.0 Å². The summed E-state index contributed by atoms with van der Waals surface area (Å²) >= 11 is 10.1. The highest BCUT2D eigenvalue weighted by Gasteiger charge is 2.28. The number of carbonyl (C=O) groups excluding carboxylic acids is 1. The molecule has 2 aromatic rings. The third-order valence-electron chi connectivity index (χ3n) is 5.28. The molecule has 33 heavy (non-hydrogen) atoms. The maximum absolute atomic E-state index is 12.3. The van der Waals surface area contributed by atoms with Gasteiger partial charge in [0.2, 0.25) is 0 Å². The van der Waals surface area contributed by atoms with Gasteiger partial charge in [-0.05, 0) is 76.7 Å². The number of hydrogen-bond acceptors (Lipinski definition) is 6. The van der Waals surface area contributed by atoms with Crippen LogP contribution in [0.15, 0.2) is 45.8 Å². The summed E-state index contributed by atoms with van der Waals surface area (Å²) in [4.78, 5) is 14.4. The summed E-state index contributed by atoms with van der Waals surface area (Å²) in [6, 6.07) is 12.0. The molecule has 0 spiro atoms. The Balaban J connectivity index is 1.65. The lowest BCUT2D eigenvalue weighted by Crippen LogP contribution is -2.22. The summed E-state index contributed by atoms with van der Waals surface area (Å²) in [5.41, 5.74) is 2.14. The van der Waals surface area contributed by atoms with Gasteiger partial charge in [-0.25, -0.2) is 0 Å². The molecule has 5 nitrogen and oxygen atoms in total. The maximum atomic E-state index is 12.3. The molecule has 0 aliphatic carbocycles. The van der Waals surface area contributed by atoms with E-state index in [-0.39, 0.29) is 5.91 Å². The molecule has 1 atom stereocenters. The summed E-state index contributed by atoms with van der Waals surface area (Å²) in [5, 5.41) is 0. The lowest BCUT2D eigenvalue weighted by atomic mass is 9.99. The fourth-order valence-corrected chi connectivity index (χ4v) is 4.96. The van der Waals surface area contributed by atoms with Gasteiger partial charge in [-0.1, -0.05) is 50.0 Å². The second-order valence-electron chi connectivity index (χ2n) is 7.58. The normalized spacial score (nSPS) is 15.8. The molecule has 2 aromatic carbocycles. The number of halogens is 1. The first-order valence-electron chi connectivity index (χ1n) is 10.9. The number of amides is 1. The Kier molecular flexibility index (Phi) is 9.23. The predicted octanol–water partition coefficient (Wildman–Crippen LogP) is 6.65. The number of ether oxygens (including phenoxy) is 3. The Hall–Kier alpha value is -2.03. The SMILES string of the molecule is CCOc1cc(/C=C2\SC(=S)N(C)C2=O)cc(Br)c1OCCOc1ccc([C@@H](C)CC)cc1. The van der Waals surface area contributed by atoms with Crippen molar-refractivity contribution in [1.29, 1.82) is 0 Å². The first kappa shape index (κ1) is 25.6. The van der Waals surface area contributed by atoms with Crippen molar-refractivity contribution in [2.24, 2.45) is 0 Å². The van der Waals surface area contributed by atoms with Gasteiger partial charge in [-0.2, -0.15) is 0 Å². The zero-order chi connectivity index (χ0) is 24.0. The van der Waals surface area contributed by atoms with E-state index >= 15 is 0 Å². The molecule has 0 radical (unpaired) electrons. The maximum Gasteiger partial charge on any atom is 0.265 e. The molecule has 1 heterocycles. The van der Waals surface area contributed by atoms with Gasteiger partial charge in [0, 0.05) is 7.05 Å². The Labute approximate surface area is 213 Å². The number of carbonyl (C=O) groups is 1. The molecule has 0 N–H and O–H groups in total. The van der Waals surface area contributed by atoms with E-state index in [1.807, 2.05) is 37.3 Å². The highest BCUT2D eigenvalue weighted by Crippen LogP contribution is 2.39. The predicted molar refractivity (Wildman–Crippen MR) is 142 cm³/mol. The molecule has 0 bridgehead atoms. The molecule has 1 fully saturated rings. The van der Waals surface area contributed by atoms with Crippen LogP contribution in [0.25, 0.3) is 6.08 Å². The van der Waals surface area contributed by atoms with E-state index in [0.717, 1.165) is 22.2 Å². The Morgan fingerprint density at radius 1 is 1.12 bits per heavy atom. The summed E-state index contributed by atoms with van der Waals surface area (Å²) in [7, 11) is 1.68. The monoisotopic (exact) mass is 549 g/mol. The average molecular weight is 551 g/mol. The van der Waals surface area contributed by atoms with Crippen LogP contribution in [0.5, 0.6) is 17.2 Å². The van der Waals surface area contributed by atoms with Crippen molar-refractivity contribution in [1.82, 2.24) is 4.90 Å². The molecular formula is C25H28BrNO4S2. The third-order valence-corrected chi connectivity index (χ3v) is 7.35. The molecule has 1 saturated heterocycles. The van der Waals surface area contributed by atoms with Gasteiger partial charge < -0.3 is 14.2 Å². The summed E-state index contributed by atoms with van der Waals surface area (Å²) in [5.74, 6) is 2.46. The number of thiocarbonyl (C=S) groups is 1. The molecule has 8 heteroatoms. The van der Waals surface area contributed by atoms with Crippen LogP contribution >= 0.6 is 39.9 Å². The minimum Gasteiger partial charge on any atom is -0.490 e. The number of thioether (sulfide) groups is 1. The standard InChI is InChI=1S/C25H28BrNO4S2/c1-5-16(3)18-7-9-19(10-8-18)30-11-12-31-23-20(26)13-17(14-21(23)29-6-2)15-22-24(28)27(4)25(32)33-22/h7-10,13-16H,5-6,11-12H2,1-4H3/b22-15-/t16-/m0/s1. The molecular weight excluding hydrogens is 522 g/mol. The number of nitrogens with zero attached hydrogens (tertiary/aromatic N) is 1. The highest BCUT2D eigenvalue weighted by atomic mass is 79.9. The van der Waals surface area contributed by atoms with Crippen LogP contribution < -0.4 is 14.2 Å². The largest absolute Gasteiger partial charge is 0.490 e. The van der Waals surface area contributed by atoms with E-state index in [4.69, 9.17) is 26.4 Å². The second-order valence-corrected chi connectivity index (χ2v) is 10.1. The quantitative estimate of drug-likeness (QED) is 0.188. The van der Waals surface area contributed by atoms with Crippen LogP contribution in [0.1, 0.15) is 44.2 Å². The van der Waals surface area contributed by atoms with Crippen LogP contribution in [0, 0.1) is 0 Å². The van der Waals surface area contributed by atoms with Gasteiger partial charge in [0.1, 0.15) is 23.3 Å². The Morgan fingerprint density at radius 3 is 2.42 bits per heavy atom. The molecule has 1 aliphatic rings. The van der Waals surface area contributed by atoms with Gasteiger partial charge in [0.05, 0.1) is 16.0 Å². The highest BCUT2D eigenvalue weighted by molar-refractivity contribution is 9.10. The zero-order valence-corrected chi connectivity index (χ0v) is 22.4. The molecule has 0 aromatic heterocycles. The lowest BCUT2D eigenvalue weighted by Gasteiger charge is -2.15. The minimum atomic E-state index is -0.103. The van der Waals surface area contributed by atoms with Crippen molar-refractivity contribution in [3.05, 3.63) is 56.9 Å². The van der Waals surface area contributed by atoms with Crippen molar-refractivity contribution in [2.75, 3.05) is 26.9 Å². The number of benzene rings is 2. The van der Waals surface area contributed by atoms with Crippen molar-refractivity contribution in [3.63, 3.8) is 0 Å². The van der Waals surface area contributed by atoms with Gasteiger partial charge in [-0.3, -0.25) is 9.69 Å². The van der Waals surface area contributed by atoms with Gasteiger partial charge >= 0.3 is 0 Å².